The highest BCUT2D eigenvalue weighted by Crippen LogP contribution is 2.31. The van der Waals surface area contributed by atoms with Gasteiger partial charge in [-0.05, 0) is 47.5 Å². The van der Waals surface area contributed by atoms with Crippen LogP contribution in [0, 0.1) is 15.5 Å². The number of carbonyl (C=O) groups excluding carboxylic acids is 2. The number of amidine groups is 1. The number of nitrogen functional groups attached to an aromatic ring is 1. The van der Waals surface area contributed by atoms with Crippen molar-refractivity contribution in [3.8, 4) is 11.1 Å². The Hall–Kier alpha value is -4.57. The van der Waals surface area contributed by atoms with Gasteiger partial charge in [0.05, 0.1) is 10.5 Å². The minimum atomic E-state index is -0.828. The van der Waals surface area contributed by atoms with E-state index in [0.29, 0.717) is 22.4 Å². The van der Waals surface area contributed by atoms with Crippen LogP contribution in [0.2, 0.25) is 0 Å². The Balaban J connectivity index is 2.01. The molecule has 0 saturated carbocycles. The highest BCUT2D eigenvalue weighted by molar-refractivity contribution is 6.10. The molecule has 10 nitrogen and oxygen atoms in total. The molecule has 4 N–H and O–H groups in total. The van der Waals surface area contributed by atoms with Gasteiger partial charge in [-0.25, -0.2) is 4.79 Å². The van der Waals surface area contributed by atoms with Crippen molar-refractivity contribution in [2.45, 2.75) is 0 Å². The highest BCUT2D eigenvalue weighted by atomic mass is 16.7. The number of nitro benzene ring substituents is 1. The van der Waals surface area contributed by atoms with Crippen LogP contribution in [0.4, 0.5) is 11.4 Å². The number of amides is 1. The number of nitro groups is 1. The van der Waals surface area contributed by atoms with Crippen LogP contribution in [0.15, 0.2) is 66.7 Å². The van der Waals surface area contributed by atoms with Crippen LogP contribution >= 0.6 is 0 Å². The number of nitrogens with zero attached hydrogens (tertiary/aromatic N) is 1. The molecule has 10 heteroatoms. The average Bonchev–Trinajstić information content (AvgIpc) is 2.82. The quantitative estimate of drug-likeness (QED) is 0.119. The van der Waals surface area contributed by atoms with Crippen molar-refractivity contribution >= 4 is 29.1 Å². The zero-order valence-corrected chi connectivity index (χ0v) is 17.5. The van der Waals surface area contributed by atoms with E-state index in [0.717, 1.165) is 6.07 Å². The molecule has 0 spiro atoms. The molecule has 0 aliphatic carbocycles. The second kappa shape index (κ2) is 10.2. The maximum atomic E-state index is 13.0. The number of benzene rings is 3. The van der Waals surface area contributed by atoms with E-state index in [-0.39, 0.29) is 29.4 Å². The normalized spacial score (nSPS) is 10.3. The molecule has 0 fully saturated rings. The van der Waals surface area contributed by atoms with E-state index in [1.807, 2.05) is 0 Å². The molecule has 0 bridgehead atoms. The van der Waals surface area contributed by atoms with Crippen LogP contribution in [0.25, 0.3) is 11.1 Å². The summed E-state index contributed by atoms with van der Waals surface area (Å²) in [7, 11) is 1.34. The van der Waals surface area contributed by atoms with Crippen molar-refractivity contribution in [1.82, 2.24) is 0 Å². The van der Waals surface area contributed by atoms with Crippen LogP contribution in [0.3, 0.4) is 0 Å². The molecule has 0 aliphatic rings. The van der Waals surface area contributed by atoms with Crippen molar-refractivity contribution < 1.29 is 24.0 Å². The lowest BCUT2D eigenvalue weighted by molar-refractivity contribution is -0.384. The molecular weight excluding hydrogens is 428 g/mol. The SMILES string of the molecule is COCOC(=O)c1cc([N+](=O)[O-])ccc1-c1ccccc1C(=O)Nc1ccc(C(=N)N)cc1. The lowest BCUT2D eigenvalue weighted by atomic mass is 9.94. The maximum Gasteiger partial charge on any atom is 0.341 e. The lowest BCUT2D eigenvalue weighted by Gasteiger charge is -2.14. The van der Waals surface area contributed by atoms with E-state index in [2.05, 4.69) is 5.32 Å². The summed E-state index contributed by atoms with van der Waals surface area (Å²) in [5.74, 6) is -1.38. The van der Waals surface area contributed by atoms with Gasteiger partial charge in [-0.3, -0.25) is 20.3 Å². The summed E-state index contributed by atoms with van der Waals surface area (Å²) >= 11 is 0. The van der Waals surface area contributed by atoms with Crippen LogP contribution in [-0.4, -0.2) is 36.5 Å². The number of hydrogen-bond acceptors (Lipinski definition) is 7. The number of methoxy groups -OCH3 is 1. The second-order valence-electron chi connectivity index (χ2n) is 6.82. The van der Waals surface area contributed by atoms with Crippen molar-refractivity contribution in [2.75, 3.05) is 19.2 Å². The van der Waals surface area contributed by atoms with Gasteiger partial charge in [-0.2, -0.15) is 0 Å². The van der Waals surface area contributed by atoms with E-state index in [9.17, 15) is 19.7 Å². The van der Waals surface area contributed by atoms with Crippen LogP contribution in [0.1, 0.15) is 26.3 Å². The van der Waals surface area contributed by atoms with Crippen LogP contribution in [0.5, 0.6) is 0 Å². The first kappa shape index (κ1) is 23.1. The molecule has 0 heterocycles. The largest absolute Gasteiger partial charge is 0.435 e. The number of rotatable bonds is 8. The third-order valence-corrected chi connectivity index (χ3v) is 4.66. The molecule has 3 aromatic rings. The zero-order chi connectivity index (χ0) is 24.0. The average molecular weight is 448 g/mol. The van der Waals surface area contributed by atoms with E-state index in [1.54, 1.807) is 48.5 Å². The first-order valence-corrected chi connectivity index (χ1v) is 9.61. The number of nitrogens with two attached hydrogens (primary N) is 1. The van der Waals surface area contributed by atoms with Gasteiger partial charge in [0.2, 0.25) is 0 Å². The Bertz CT molecular complexity index is 1220. The molecule has 168 valence electrons. The molecule has 0 radical (unpaired) electrons. The van der Waals surface area contributed by atoms with Gasteiger partial charge in [0.15, 0.2) is 6.79 Å². The minimum Gasteiger partial charge on any atom is -0.435 e. The summed E-state index contributed by atoms with van der Waals surface area (Å²) in [4.78, 5) is 36.2. The standard InChI is InChI=1S/C23H20N4O6/c1-32-13-33-23(29)20-12-16(27(30)31)10-11-18(20)17-4-2-3-5-19(17)22(28)26-15-8-6-14(7-9-15)21(24)25/h2-12H,13H2,1H3,(H3,24,25)(H,26,28). The van der Waals surface area contributed by atoms with Gasteiger partial charge in [-0.1, -0.05) is 18.2 Å². The molecule has 0 saturated heterocycles. The summed E-state index contributed by atoms with van der Waals surface area (Å²) < 4.78 is 9.74. The van der Waals surface area contributed by atoms with Crippen molar-refractivity contribution in [2.24, 2.45) is 5.73 Å². The summed E-state index contributed by atoms with van der Waals surface area (Å²) in [5.41, 5.74) is 6.98. The number of nitrogens with one attached hydrogen (secondary N) is 2. The fraction of sp³-hybridized carbons (Fsp3) is 0.0870. The summed E-state index contributed by atoms with van der Waals surface area (Å²) in [6.07, 6.45) is 0. The fourth-order valence-corrected chi connectivity index (χ4v) is 3.09. The van der Waals surface area contributed by atoms with Gasteiger partial charge < -0.3 is 20.5 Å². The smallest absolute Gasteiger partial charge is 0.341 e. The third-order valence-electron chi connectivity index (χ3n) is 4.66. The number of esters is 1. The molecule has 3 rings (SSSR count). The summed E-state index contributed by atoms with van der Waals surface area (Å²) in [6, 6.07) is 16.7. The highest BCUT2D eigenvalue weighted by Gasteiger charge is 2.22. The van der Waals surface area contributed by atoms with E-state index >= 15 is 0 Å². The Morgan fingerprint density at radius 2 is 1.70 bits per heavy atom. The van der Waals surface area contributed by atoms with Crippen molar-refractivity contribution in [3.63, 3.8) is 0 Å². The molecule has 0 aliphatic heterocycles. The number of ether oxygens (including phenoxy) is 2. The van der Waals surface area contributed by atoms with Crippen molar-refractivity contribution in [3.05, 3.63) is 93.5 Å². The fourth-order valence-electron chi connectivity index (χ4n) is 3.09. The van der Waals surface area contributed by atoms with E-state index < -0.39 is 16.8 Å². The van der Waals surface area contributed by atoms with Crippen LogP contribution < -0.4 is 11.1 Å². The van der Waals surface area contributed by atoms with Gasteiger partial charge in [0.1, 0.15) is 5.84 Å². The van der Waals surface area contributed by atoms with E-state index in [1.165, 1.54) is 19.2 Å². The van der Waals surface area contributed by atoms with Gasteiger partial charge in [0, 0.05) is 36.1 Å². The monoisotopic (exact) mass is 448 g/mol. The van der Waals surface area contributed by atoms with E-state index in [4.69, 9.17) is 20.6 Å². The predicted octanol–water partition coefficient (Wildman–Crippen LogP) is 3.56. The van der Waals surface area contributed by atoms with Gasteiger partial charge in [-0.15, -0.1) is 0 Å². The zero-order valence-electron chi connectivity index (χ0n) is 17.5. The Morgan fingerprint density at radius 3 is 2.33 bits per heavy atom. The second-order valence-corrected chi connectivity index (χ2v) is 6.82. The number of carbonyl (C=O) groups is 2. The topological polar surface area (TPSA) is 158 Å². The van der Waals surface area contributed by atoms with Gasteiger partial charge >= 0.3 is 5.97 Å². The number of anilines is 1. The first-order chi connectivity index (χ1) is 15.8. The molecule has 3 aromatic carbocycles. The molecule has 1 amide bonds. The van der Waals surface area contributed by atoms with Gasteiger partial charge in [0.25, 0.3) is 11.6 Å². The molecular formula is C23H20N4O6. The molecule has 0 atom stereocenters. The summed E-state index contributed by atoms with van der Waals surface area (Å²) in [5, 5.41) is 21.4. The Kier molecular flexibility index (Phi) is 7.11. The summed E-state index contributed by atoms with van der Waals surface area (Å²) in [6.45, 7) is -0.334. The van der Waals surface area contributed by atoms with Crippen LogP contribution in [-0.2, 0) is 9.47 Å². The molecule has 0 unspecified atom stereocenters. The Morgan fingerprint density at radius 1 is 1.03 bits per heavy atom. The number of hydrogen-bond donors (Lipinski definition) is 3. The van der Waals surface area contributed by atoms with Crippen molar-refractivity contribution in [1.29, 1.82) is 5.41 Å². The number of non-ortho nitro benzene ring substituents is 1. The first-order valence-electron chi connectivity index (χ1n) is 9.61. The Labute approximate surface area is 188 Å². The predicted molar refractivity (Wildman–Crippen MR) is 121 cm³/mol. The molecule has 0 aromatic heterocycles. The lowest BCUT2D eigenvalue weighted by Crippen LogP contribution is -2.15. The maximum absolute atomic E-state index is 13.0. The minimum absolute atomic E-state index is 0.0766. The third kappa shape index (κ3) is 5.38. The molecule has 33 heavy (non-hydrogen) atoms.